The van der Waals surface area contributed by atoms with Crippen molar-refractivity contribution in [3.8, 4) is 5.69 Å². The molecule has 2 aromatic heterocycles. The lowest BCUT2D eigenvalue weighted by Crippen LogP contribution is -2.17. The second-order valence-corrected chi connectivity index (χ2v) is 5.85. The third-order valence-electron chi connectivity index (χ3n) is 3.43. The molecule has 0 aliphatic carbocycles. The monoisotopic (exact) mass is 373 g/mol. The Labute approximate surface area is 154 Å². The minimum absolute atomic E-state index is 0.342. The van der Waals surface area contributed by atoms with Crippen LogP contribution in [0.25, 0.3) is 5.69 Å². The number of hydrazone groups is 1. The fraction of sp³-hybridized carbons (Fsp3) is 0.0588. The van der Waals surface area contributed by atoms with E-state index in [2.05, 4.69) is 20.6 Å². The smallest absolute Gasteiger partial charge is 0.267 e. The van der Waals surface area contributed by atoms with Gasteiger partial charge in [-0.2, -0.15) is 10.2 Å². The first kappa shape index (κ1) is 17.1. The molecule has 0 bridgehead atoms. The van der Waals surface area contributed by atoms with Crippen molar-refractivity contribution in [2.45, 2.75) is 6.92 Å². The number of pyridine rings is 1. The second kappa shape index (κ2) is 7.46. The van der Waals surface area contributed by atoms with Crippen LogP contribution in [0.4, 0.5) is 0 Å². The number of carbonyl (C=O) groups excluding carboxylic acids is 1. The topological polar surface area (TPSA) is 72.2 Å². The average molecular weight is 374 g/mol. The lowest BCUT2D eigenvalue weighted by molar-refractivity contribution is 0.0955. The fourth-order valence-electron chi connectivity index (χ4n) is 2.16. The molecule has 0 spiro atoms. The summed E-state index contributed by atoms with van der Waals surface area (Å²) >= 11 is 12.6. The number of aromatic nitrogens is 3. The molecule has 126 valence electrons. The Morgan fingerprint density at radius 2 is 1.92 bits per heavy atom. The Morgan fingerprint density at radius 3 is 2.64 bits per heavy atom. The Balaban J connectivity index is 1.82. The number of aryl methyl sites for hydroxylation is 1. The van der Waals surface area contributed by atoms with Crippen LogP contribution in [0.15, 0.2) is 53.9 Å². The molecule has 1 amide bonds. The van der Waals surface area contributed by atoms with E-state index >= 15 is 0 Å². The highest BCUT2D eigenvalue weighted by atomic mass is 35.5. The molecule has 0 fully saturated rings. The maximum absolute atomic E-state index is 12.0. The number of nitrogens with one attached hydrogen (secondary N) is 1. The van der Waals surface area contributed by atoms with Crippen LogP contribution in [0.5, 0.6) is 0 Å². The number of carbonyl (C=O) groups is 1. The van der Waals surface area contributed by atoms with Gasteiger partial charge in [-0.1, -0.05) is 35.3 Å². The molecule has 0 unspecified atom stereocenters. The molecular weight excluding hydrogens is 361 g/mol. The highest BCUT2D eigenvalue weighted by Gasteiger charge is 2.15. The van der Waals surface area contributed by atoms with E-state index in [1.807, 2.05) is 18.2 Å². The van der Waals surface area contributed by atoms with Crippen molar-refractivity contribution < 1.29 is 4.79 Å². The van der Waals surface area contributed by atoms with E-state index in [1.165, 1.54) is 23.3 Å². The zero-order valence-electron chi connectivity index (χ0n) is 13.1. The van der Waals surface area contributed by atoms with Gasteiger partial charge < -0.3 is 0 Å². The number of nitrogens with zero attached hydrogens (tertiary/aromatic N) is 4. The molecule has 0 atom stereocenters. The van der Waals surface area contributed by atoms with Crippen LogP contribution < -0.4 is 5.43 Å². The van der Waals surface area contributed by atoms with Crippen LogP contribution in [-0.4, -0.2) is 26.9 Å². The lowest BCUT2D eigenvalue weighted by atomic mass is 10.2. The molecule has 0 aliphatic heterocycles. The predicted molar refractivity (Wildman–Crippen MR) is 97.6 cm³/mol. The molecular formula is C17H13Cl2N5O. The van der Waals surface area contributed by atoms with Crippen molar-refractivity contribution in [3.05, 3.63) is 75.8 Å². The Hall–Kier alpha value is -2.70. The second-order valence-electron chi connectivity index (χ2n) is 5.09. The maximum atomic E-state index is 12.0. The summed E-state index contributed by atoms with van der Waals surface area (Å²) in [6, 6.07) is 10.4. The number of hydrogen-bond donors (Lipinski definition) is 1. The Bertz CT molecular complexity index is 937. The van der Waals surface area contributed by atoms with Gasteiger partial charge in [0.2, 0.25) is 0 Å². The predicted octanol–water partition coefficient (Wildman–Crippen LogP) is 3.65. The van der Waals surface area contributed by atoms with Crippen molar-refractivity contribution in [2.75, 3.05) is 0 Å². The minimum atomic E-state index is -0.342. The van der Waals surface area contributed by atoms with Crippen LogP contribution >= 0.6 is 23.2 Å². The van der Waals surface area contributed by atoms with Gasteiger partial charge in [-0.25, -0.2) is 10.1 Å². The highest BCUT2D eigenvalue weighted by Crippen LogP contribution is 2.26. The zero-order valence-corrected chi connectivity index (χ0v) is 14.7. The molecule has 3 aromatic rings. The summed E-state index contributed by atoms with van der Waals surface area (Å²) in [5, 5.41) is 9.22. The van der Waals surface area contributed by atoms with Crippen LogP contribution in [0, 0.1) is 6.92 Å². The first-order valence-corrected chi connectivity index (χ1v) is 8.07. The van der Waals surface area contributed by atoms with Gasteiger partial charge in [0.15, 0.2) is 0 Å². The fourth-order valence-corrected chi connectivity index (χ4v) is 2.69. The van der Waals surface area contributed by atoms with E-state index in [-0.39, 0.29) is 5.91 Å². The quantitative estimate of drug-likeness (QED) is 0.560. The first-order chi connectivity index (χ1) is 12.1. The van der Waals surface area contributed by atoms with Crippen LogP contribution in [-0.2, 0) is 0 Å². The molecule has 2 heterocycles. The van der Waals surface area contributed by atoms with Crippen LogP contribution in [0.2, 0.25) is 10.2 Å². The van der Waals surface area contributed by atoms with Gasteiger partial charge in [0.05, 0.1) is 28.2 Å². The number of amides is 1. The largest absolute Gasteiger partial charge is 0.271 e. The number of para-hydroxylation sites is 1. The van der Waals surface area contributed by atoms with Crippen molar-refractivity contribution in [3.63, 3.8) is 0 Å². The minimum Gasteiger partial charge on any atom is -0.267 e. The number of halogens is 2. The molecule has 8 heteroatoms. The highest BCUT2D eigenvalue weighted by molar-refractivity contribution is 6.34. The van der Waals surface area contributed by atoms with Gasteiger partial charge in [-0.15, -0.1) is 0 Å². The zero-order chi connectivity index (χ0) is 17.8. The Kier molecular flexibility index (Phi) is 5.11. The van der Waals surface area contributed by atoms with Crippen LogP contribution in [0.1, 0.15) is 21.6 Å². The number of hydrogen-bond acceptors (Lipinski definition) is 4. The average Bonchev–Trinajstić information content (AvgIpc) is 2.91. The molecule has 0 aliphatic rings. The van der Waals surface area contributed by atoms with Gasteiger partial charge in [0, 0.05) is 18.0 Å². The van der Waals surface area contributed by atoms with E-state index in [0.29, 0.717) is 32.7 Å². The summed E-state index contributed by atoms with van der Waals surface area (Å²) in [4.78, 5) is 15.8. The lowest BCUT2D eigenvalue weighted by Gasteiger charge is -2.04. The van der Waals surface area contributed by atoms with Gasteiger partial charge in [-0.3, -0.25) is 9.78 Å². The van der Waals surface area contributed by atoms with Crippen molar-refractivity contribution in [2.24, 2.45) is 5.10 Å². The summed E-state index contributed by atoms with van der Waals surface area (Å²) in [5.74, 6) is -0.342. The van der Waals surface area contributed by atoms with E-state index in [4.69, 9.17) is 23.2 Å². The molecule has 0 saturated heterocycles. The van der Waals surface area contributed by atoms with Gasteiger partial charge >= 0.3 is 0 Å². The third kappa shape index (κ3) is 3.70. The van der Waals surface area contributed by atoms with E-state index in [9.17, 15) is 4.79 Å². The SMILES string of the molecule is Cc1nn(-c2ccccc2Cl)c(Cl)c1/C=N/NC(=O)c1ccncc1. The Morgan fingerprint density at radius 1 is 1.20 bits per heavy atom. The van der Waals surface area contributed by atoms with Gasteiger partial charge in [0.25, 0.3) is 5.91 Å². The number of rotatable bonds is 4. The summed E-state index contributed by atoms with van der Waals surface area (Å²) in [6.07, 6.45) is 4.53. The maximum Gasteiger partial charge on any atom is 0.271 e. The normalized spacial score (nSPS) is 11.0. The molecule has 3 rings (SSSR count). The van der Waals surface area contributed by atoms with E-state index < -0.39 is 0 Å². The van der Waals surface area contributed by atoms with Crippen LogP contribution in [0.3, 0.4) is 0 Å². The molecule has 1 N–H and O–H groups in total. The summed E-state index contributed by atoms with van der Waals surface area (Å²) in [5.41, 5.74) is 4.82. The van der Waals surface area contributed by atoms with Gasteiger partial charge in [0.1, 0.15) is 5.15 Å². The number of benzene rings is 1. The van der Waals surface area contributed by atoms with Gasteiger partial charge in [-0.05, 0) is 31.2 Å². The summed E-state index contributed by atoms with van der Waals surface area (Å²) < 4.78 is 1.53. The molecule has 25 heavy (non-hydrogen) atoms. The van der Waals surface area contributed by atoms with Crippen molar-refractivity contribution in [1.82, 2.24) is 20.2 Å². The molecule has 0 saturated carbocycles. The molecule has 6 nitrogen and oxygen atoms in total. The molecule has 1 aromatic carbocycles. The first-order valence-electron chi connectivity index (χ1n) is 7.31. The standard InChI is InChI=1S/C17H13Cl2N5O/c1-11-13(10-21-22-17(25)12-6-8-20-9-7-12)16(19)24(23-11)15-5-3-2-4-14(15)18/h2-10H,1H3,(H,22,25)/b21-10+. The third-order valence-corrected chi connectivity index (χ3v) is 4.11. The summed E-state index contributed by atoms with van der Waals surface area (Å²) in [6.45, 7) is 1.80. The van der Waals surface area contributed by atoms with E-state index in [0.717, 1.165) is 0 Å². The molecule has 0 radical (unpaired) electrons. The summed E-state index contributed by atoms with van der Waals surface area (Å²) in [7, 11) is 0. The van der Waals surface area contributed by atoms with Crippen molar-refractivity contribution >= 4 is 35.3 Å². The van der Waals surface area contributed by atoms with E-state index in [1.54, 1.807) is 25.1 Å². The van der Waals surface area contributed by atoms with Crippen molar-refractivity contribution in [1.29, 1.82) is 0 Å².